The van der Waals surface area contributed by atoms with Gasteiger partial charge in [0.2, 0.25) is 11.8 Å². The van der Waals surface area contributed by atoms with Gasteiger partial charge in [0.05, 0.1) is 0 Å². The van der Waals surface area contributed by atoms with Crippen LogP contribution in [0.2, 0.25) is 0 Å². The van der Waals surface area contributed by atoms with Gasteiger partial charge in [-0.1, -0.05) is 41.4 Å². The summed E-state index contributed by atoms with van der Waals surface area (Å²) in [7, 11) is 1.58. The Labute approximate surface area is 143 Å². The Morgan fingerprint density at radius 3 is 2.41 bits per heavy atom. The highest BCUT2D eigenvalue weighted by molar-refractivity contribution is 6.62. The van der Waals surface area contributed by atoms with Crippen LogP contribution in [-0.2, 0) is 9.59 Å². The maximum atomic E-state index is 12.6. The number of carbonyl (C=O) groups is 2. The van der Waals surface area contributed by atoms with Crippen molar-refractivity contribution >= 4 is 52.3 Å². The quantitative estimate of drug-likeness (QED) is 0.777. The molecule has 0 radical (unpaired) electrons. The molecule has 2 amide bonds. The van der Waals surface area contributed by atoms with Gasteiger partial charge in [0, 0.05) is 25.7 Å². The topological polar surface area (TPSA) is 40.6 Å². The van der Waals surface area contributed by atoms with Crippen LogP contribution in [0.3, 0.4) is 0 Å². The predicted molar refractivity (Wildman–Crippen MR) is 87.6 cm³/mol. The Kier molecular flexibility index (Phi) is 3.83. The molecule has 0 spiro atoms. The normalized spacial score (nSPS) is 29.5. The Morgan fingerprint density at radius 2 is 1.86 bits per heavy atom. The van der Waals surface area contributed by atoms with E-state index in [9.17, 15) is 9.59 Å². The predicted octanol–water partition coefficient (Wildman–Crippen LogP) is 2.81. The number of nitrogens with zero attached hydrogens (tertiary/aromatic N) is 2. The van der Waals surface area contributed by atoms with Gasteiger partial charge in [-0.05, 0) is 18.6 Å². The fraction of sp³-hybridized carbons (Fsp3) is 0.467. The minimum atomic E-state index is -1.31. The van der Waals surface area contributed by atoms with Crippen LogP contribution in [0.1, 0.15) is 12.8 Å². The van der Waals surface area contributed by atoms with E-state index in [0.717, 1.165) is 5.69 Å². The molecule has 2 unspecified atom stereocenters. The lowest BCUT2D eigenvalue weighted by Crippen LogP contribution is -2.47. The van der Waals surface area contributed by atoms with E-state index in [-0.39, 0.29) is 12.3 Å². The number of halogens is 3. The van der Waals surface area contributed by atoms with E-state index < -0.39 is 21.2 Å². The second-order valence-corrected chi connectivity index (χ2v) is 7.86. The van der Waals surface area contributed by atoms with Gasteiger partial charge in [-0.3, -0.25) is 9.59 Å². The van der Waals surface area contributed by atoms with Crippen molar-refractivity contribution in [3.8, 4) is 0 Å². The fourth-order valence-electron chi connectivity index (χ4n) is 2.80. The summed E-state index contributed by atoms with van der Waals surface area (Å²) in [5.41, 5.74) is 0.826. The molecule has 3 rings (SSSR count). The maximum absolute atomic E-state index is 12.6. The number of likely N-dealkylation sites (N-methyl/N-ethyl adjacent to an activating group) is 1. The van der Waals surface area contributed by atoms with Crippen molar-refractivity contribution in [2.45, 2.75) is 28.1 Å². The summed E-state index contributed by atoms with van der Waals surface area (Å²) in [5.74, 6) is -0.509. The molecule has 1 saturated carbocycles. The van der Waals surface area contributed by atoms with Crippen molar-refractivity contribution in [3.63, 3.8) is 0 Å². The molecule has 2 atom stereocenters. The number of hydrogen-bond acceptors (Lipinski definition) is 2. The summed E-state index contributed by atoms with van der Waals surface area (Å²) in [6.07, 6.45) is 0.748. The number of para-hydroxylation sites is 1. The first-order chi connectivity index (χ1) is 10.3. The van der Waals surface area contributed by atoms with E-state index in [1.54, 1.807) is 11.9 Å². The summed E-state index contributed by atoms with van der Waals surface area (Å²) >= 11 is 18.1. The smallest absolute Gasteiger partial charge is 0.249 e. The van der Waals surface area contributed by atoms with E-state index in [1.165, 1.54) is 4.90 Å². The molecule has 1 aliphatic heterocycles. The summed E-state index contributed by atoms with van der Waals surface area (Å²) in [6, 6.07) is 8.84. The lowest BCUT2D eigenvalue weighted by Gasteiger charge is -2.26. The third-order valence-corrected chi connectivity index (χ3v) is 6.02. The lowest BCUT2D eigenvalue weighted by atomic mass is 10.2. The molecule has 22 heavy (non-hydrogen) atoms. The minimum absolute atomic E-state index is 0.113. The summed E-state index contributed by atoms with van der Waals surface area (Å²) < 4.78 is -1.25. The van der Waals surface area contributed by atoms with Crippen LogP contribution in [0.5, 0.6) is 0 Å². The molecule has 1 aliphatic carbocycles. The standard InChI is InChI=1S/C15H15Cl3N2O2/c1-19(13(22)14(16)9-15(14,17)18)11-7-8-20(12(11)21)10-5-3-2-4-6-10/h2-6,11H,7-9H2,1H3. The number of anilines is 1. The van der Waals surface area contributed by atoms with Gasteiger partial charge in [-0.2, -0.15) is 0 Å². The van der Waals surface area contributed by atoms with Crippen LogP contribution in [0.25, 0.3) is 0 Å². The van der Waals surface area contributed by atoms with E-state index in [1.807, 2.05) is 30.3 Å². The monoisotopic (exact) mass is 360 g/mol. The highest BCUT2D eigenvalue weighted by Crippen LogP contribution is 2.62. The molecule has 118 valence electrons. The molecule has 1 aromatic rings. The number of rotatable bonds is 3. The first-order valence-electron chi connectivity index (χ1n) is 6.98. The maximum Gasteiger partial charge on any atom is 0.249 e. The molecule has 4 nitrogen and oxygen atoms in total. The number of carbonyl (C=O) groups excluding carboxylic acids is 2. The number of benzene rings is 1. The Hall–Kier alpha value is -0.970. The zero-order valence-electron chi connectivity index (χ0n) is 11.9. The molecule has 7 heteroatoms. The van der Waals surface area contributed by atoms with Crippen molar-refractivity contribution in [2.75, 3.05) is 18.5 Å². The van der Waals surface area contributed by atoms with Crippen LogP contribution in [-0.4, -0.2) is 45.6 Å². The Morgan fingerprint density at radius 1 is 1.27 bits per heavy atom. The molecule has 1 saturated heterocycles. The van der Waals surface area contributed by atoms with Gasteiger partial charge >= 0.3 is 0 Å². The van der Waals surface area contributed by atoms with Gasteiger partial charge in [0.15, 0.2) is 4.87 Å². The van der Waals surface area contributed by atoms with Crippen molar-refractivity contribution in [3.05, 3.63) is 30.3 Å². The van der Waals surface area contributed by atoms with Gasteiger partial charge in [0.25, 0.3) is 0 Å². The molecule has 2 fully saturated rings. The SMILES string of the molecule is CN(C(=O)C1(Cl)CC1(Cl)Cl)C1CCN(c2ccccc2)C1=O. The zero-order chi connectivity index (χ0) is 16.1. The summed E-state index contributed by atoms with van der Waals surface area (Å²) in [5, 5.41) is 0. The first kappa shape index (κ1) is 15.9. The number of hydrogen-bond donors (Lipinski definition) is 0. The van der Waals surface area contributed by atoms with Gasteiger partial charge < -0.3 is 9.80 Å². The molecule has 1 heterocycles. The van der Waals surface area contributed by atoms with E-state index in [0.29, 0.717) is 13.0 Å². The highest BCUT2D eigenvalue weighted by Gasteiger charge is 2.72. The van der Waals surface area contributed by atoms with Crippen molar-refractivity contribution in [1.29, 1.82) is 0 Å². The molecular weight excluding hydrogens is 347 g/mol. The third-order valence-electron chi connectivity index (χ3n) is 4.29. The van der Waals surface area contributed by atoms with Crippen LogP contribution < -0.4 is 4.90 Å². The van der Waals surface area contributed by atoms with Crippen molar-refractivity contribution in [1.82, 2.24) is 4.90 Å². The molecule has 1 aromatic carbocycles. The molecular formula is C15H15Cl3N2O2. The second kappa shape index (κ2) is 5.29. The van der Waals surface area contributed by atoms with E-state index in [2.05, 4.69) is 0 Å². The number of amides is 2. The molecule has 0 bridgehead atoms. The summed E-state index contributed by atoms with van der Waals surface area (Å²) in [6.45, 7) is 0.563. The average Bonchev–Trinajstić information content (AvgIpc) is 2.82. The van der Waals surface area contributed by atoms with Crippen molar-refractivity contribution < 1.29 is 9.59 Å². The molecule has 2 aliphatic rings. The van der Waals surface area contributed by atoms with Crippen molar-refractivity contribution in [2.24, 2.45) is 0 Å². The van der Waals surface area contributed by atoms with Crippen LogP contribution in [0.15, 0.2) is 30.3 Å². The highest BCUT2D eigenvalue weighted by atomic mass is 35.5. The number of alkyl halides is 3. The fourth-order valence-corrected chi connectivity index (χ4v) is 3.84. The zero-order valence-corrected chi connectivity index (χ0v) is 14.2. The first-order valence-corrected chi connectivity index (χ1v) is 8.12. The van der Waals surface area contributed by atoms with Crippen LogP contribution in [0, 0.1) is 0 Å². The Bertz CT molecular complexity index is 622. The van der Waals surface area contributed by atoms with E-state index >= 15 is 0 Å². The van der Waals surface area contributed by atoms with Gasteiger partial charge in [-0.15, -0.1) is 11.6 Å². The van der Waals surface area contributed by atoms with Crippen LogP contribution >= 0.6 is 34.8 Å². The summed E-state index contributed by atoms with van der Waals surface area (Å²) in [4.78, 5) is 26.8. The van der Waals surface area contributed by atoms with Crippen LogP contribution in [0.4, 0.5) is 5.69 Å². The minimum Gasteiger partial charge on any atom is -0.332 e. The molecule has 0 aromatic heterocycles. The van der Waals surface area contributed by atoms with Gasteiger partial charge in [0.1, 0.15) is 10.4 Å². The average molecular weight is 362 g/mol. The third kappa shape index (κ3) is 2.38. The van der Waals surface area contributed by atoms with E-state index in [4.69, 9.17) is 34.8 Å². The lowest BCUT2D eigenvalue weighted by molar-refractivity contribution is -0.137. The largest absolute Gasteiger partial charge is 0.332 e. The van der Waals surface area contributed by atoms with Gasteiger partial charge in [-0.25, -0.2) is 0 Å². The Balaban J connectivity index is 1.74. The molecule has 0 N–H and O–H groups in total. The second-order valence-electron chi connectivity index (χ2n) is 5.73.